The number of nitrogens with zero attached hydrogens (tertiary/aromatic N) is 5. The number of carbonyl (C=O) groups is 1. The molecule has 1 N–H and O–H groups in total. The van der Waals surface area contributed by atoms with E-state index in [9.17, 15) is 4.79 Å². The van der Waals surface area contributed by atoms with Crippen LogP contribution in [0, 0.1) is 0 Å². The summed E-state index contributed by atoms with van der Waals surface area (Å²) in [6.07, 6.45) is 2.36. The minimum atomic E-state index is -0.924. The third-order valence-corrected chi connectivity index (χ3v) is 4.44. The van der Waals surface area contributed by atoms with Crippen molar-refractivity contribution < 1.29 is 14.6 Å². The number of amides is 1. The second-order valence-corrected chi connectivity index (χ2v) is 6.15. The molecule has 4 heterocycles. The number of hydrogen-bond acceptors (Lipinski definition) is 6. The molecule has 120 valence electrons. The Morgan fingerprint density at radius 1 is 1.30 bits per heavy atom. The maximum atomic E-state index is 11.0. The zero-order valence-corrected chi connectivity index (χ0v) is 12.9. The van der Waals surface area contributed by atoms with E-state index in [0.717, 1.165) is 5.52 Å². The quantitative estimate of drug-likeness (QED) is 0.838. The summed E-state index contributed by atoms with van der Waals surface area (Å²) < 4.78 is 5.81. The van der Waals surface area contributed by atoms with Crippen molar-refractivity contribution >= 4 is 34.5 Å². The van der Waals surface area contributed by atoms with Crippen molar-refractivity contribution in [1.29, 1.82) is 0 Å². The molecule has 23 heavy (non-hydrogen) atoms. The predicted octanol–water partition coefficient (Wildman–Crippen LogP) is 1.25. The second kappa shape index (κ2) is 5.17. The highest BCUT2D eigenvalue weighted by atomic mass is 35.5. The summed E-state index contributed by atoms with van der Waals surface area (Å²) in [5, 5.41) is 9.32. The van der Waals surface area contributed by atoms with Crippen LogP contribution in [0.1, 0.15) is 0 Å². The van der Waals surface area contributed by atoms with Crippen LogP contribution in [0.5, 0.6) is 0 Å². The van der Waals surface area contributed by atoms with E-state index in [1.54, 1.807) is 18.5 Å². The largest absolute Gasteiger partial charge is 0.465 e. The van der Waals surface area contributed by atoms with Gasteiger partial charge in [-0.05, 0) is 6.07 Å². The Bertz CT molecular complexity index is 780. The zero-order chi connectivity index (χ0) is 16.0. The molecule has 2 aliphatic heterocycles. The number of ether oxygens (including phenoxy) is 1. The number of halogens is 1. The standard InChI is InChI=1S/C14H14ClN5O3/c15-11-12(18-9-1-2-16-5-10(9)17-11)19-3-4-23-14(6-19)7-20(8-14)13(21)22/h1-2,5H,3-4,6-8H2,(H,21,22). The number of fused-ring (bicyclic) bond motifs is 1. The molecular formula is C14H14ClN5O3. The topological polar surface area (TPSA) is 91.7 Å². The first-order chi connectivity index (χ1) is 11.1. The summed E-state index contributed by atoms with van der Waals surface area (Å²) in [6.45, 7) is 2.41. The van der Waals surface area contributed by atoms with Crippen LogP contribution in [-0.2, 0) is 4.74 Å². The summed E-state index contributed by atoms with van der Waals surface area (Å²) in [5.74, 6) is 0.599. The van der Waals surface area contributed by atoms with Gasteiger partial charge in [0.2, 0.25) is 0 Å². The van der Waals surface area contributed by atoms with Crippen LogP contribution in [-0.4, -0.2) is 69.4 Å². The lowest BCUT2D eigenvalue weighted by atomic mass is 9.92. The SMILES string of the molecule is O=C(O)N1CC2(C1)CN(c1nc3ccncc3nc1Cl)CCO2. The van der Waals surface area contributed by atoms with Crippen molar-refractivity contribution in [3.05, 3.63) is 23.6 Å². The van der Waals surface area contributed by atoms with Crippen LogP contribution >= 0.6 is 11.6 Å². The smallest absolute Gasteiger partial charge is 0.407 e. The molecule has 1 amide bonds. The van der Waals surface area contributed by atoms with Gasteiger partial charge in [0.1, 0.15) is 11.1 Å². The Morgan fingerprint density at radius 3 is 2.91 bits per heavy atom. The fraction of sp³-hybridized carbons (Fsp3) is 0.429. The third-order valence-electron chi connectivity index (χ3n) is 4.18. The highest BCUT2D eigenvalue weighted by molar-refractivity contribution is 6.32. The van der Waals surface area contributed by atoms with Gasteiger partial charge >= 0.3 is 6.09 Å². The number of morpholine rings is 1. The monoisotopic (exact) mass is 335 g/mol. The number of carboxylic acid groups (broad SMARTS) is 1. The lowest BCUT2D eigenvalue weighted by Gasteiger charge is -2.52. The van der Waals surface area contributed by atoms with Gasteiger partial charge in [0.25, 0.3) is 0 Å². The zero-order valence-electron chi connectivity index (χ0n) is 12.1. The van der Waals surface area contributed by atoms with E-state index < -0.39 is 11.7 Å². The second-order valence-electron chi connectivity index (χ2n) is 5.79. The van der Waals surface area contributed by atoms with Crippen molar-refractivity contribution in [3.8, 4) is 0 Å². The van der Waals surface area contributed by atoms with E-state index in [1.807, 2.05) is 4.90 Å². The molecule has 0 bridgehead atoms. The van der Waals surface area contributed by atoms with Gasteiger partial charge in [-0.1, -0.05) is 11.6 Å². The van der Waals surface area contributed by atoms with E-state index in [0.29, 0.717) is 49.3 Å². The molecule has 0 radical (unpaired) electrons. The maximum absolute atomic E-state index is 11.0. The summed E-state index contributed by atoms with van der Waals surface area (Å²) in [6, 6.07) is 1.79. The average Bonchev–Trinajstić information content (AvgIpc) is 2.51. The Morgan fingerprint density at radius 2 is 2.13 bits per heavy atom. The fourth-order valence-electron chi connectivity index (χ4n) is 3.08. The van der Waals surface area contributed by atoms with Gasteiger partial charge in [-0.25, -0.2) is 14.8 Å². The molecule has 2 saturated heterocycles. The molecular weight excluding hydrogens is 322 g/mol. The third kappa shape index (κ3) is 2.43. The molecule has 0 saturated carbocycles. The van der Waals surface area contributed by atoms with Crippen molar-refractivity contribution in [1.82, 2.24) is 19.9 Å². The van der Waals surface area contributed by atoms with Gasteiger partial charge in [-0.15, -0.1) is 0 Å². The summed E-state index contributed by atoms with van der Waals surface area (Å²) >= 11 is 6.28. The van der Waals surface area contributed by atoms with E-state index >= 15 is 0 Å². The summed E-state index contributed by atoms with van der Waals surface area (Å²) in [7, 11) is 0. The summed E-state index contributed by atoms with van der Waals surface area (Å²) in [5.41, 5.74) is 0.889. The lowest BCUT2D eigenvalue weighted by Crippen LogP contribution is -2.71. The number of aromatic nitrogens is 3. The summed E-state index contributed by atoms with van der Waals surface area (Å²) in [4.78, 5) is 27.2. The Hall–Kier alpha value is -2.19. The first kappa shape index (κ1) is 14.4. The minimum absolute atomic E-state index is 0.317. The molecule has 8 nitrogen and oxygen atoms in total. The predicted molar refractivity (Wildman–Crippen MR) is 82.8 cm³/mol. The molecule has 0 aromatic carbocycles. The van der Waals surface area contributed by atoms with Crippen LogP contribution in [0.2, 0.25) is 5.15 Å². The van der Waals surface area contributed by atoms with Gasteiger partial charge in [0, 0.05) is 12.7 Å². The number of pyridine rings is 1. The molecule has 0 atom stereocenters. The number of anilines is 1. The van der Waals surface area contributed by atoms with E-state index in [1.165, 1.54) is 4.90 Å². The Labute approximate surface area is 136 Å². The normalized spacial score (nSPS) is 19.9. The lowest BCUT2D eigenvalue weighted by molar-refractivity contribution is -0.137. The average molecular weight is 336 g/mol. The van der Waals surface area contributed by atoms with Crippen LogP contribution in [0.4, 0.5) is 10.6 Å². The van der Waals surface area contributed by atoms with Crippen molar-refractivity contribution in [2.75, 3.05) is 37.7 Å². The highest BCUT2D eigenvalue weighted by Gasteiger charge is 2.49. The number of rotatable bonds is 1. The molecule has 2 fully saturated rings. The Kier molecular flexibility index (Phi) is 3.24. The van der Waals surface area contributed by atoms with Crippen LogP contribution in [0.15, 0.2) is 18.5 Å². The first-order valence-corrected chi connectivity index (χ1v) is 7.58. The molecule has 9 heteroatoms. The van der Waals surface area contributed by atoms with E-state index in [2.05, 4.69) is 15.0 Å². The first-order valence-electron chi connectivity index (χ1n) is 7.20. The van der Waals surface area contributed by atoms with Gasteiger partial charge in [0.05, 0.1) is 38.0 Å². The molecule has 2 aromatic rings. The fourth-order valence-corrected chi connectivity index (χ4v) is 3.33. The van der Waals surface area contributed by atoms with Gasteiger partial charge in [-0.2, -0.15) is 0 Å². The van der Waals surface area contributed by atoms with Gasteiger partial charge < -0.3 is 19.6 Å². The van der Waals surface area contributed by atoms with Crippen molar-refractivity contribution in [2.45, 2.75) is 5.60 Å². The van der Waals surface area contributed by atoms with Gasteiger partial charge in [0.15, 0.2) is 11.0 Å². The van der Waals surface area contributed by atoms with Crippen molar-refractivity contribution in [3.63, 3.8) is 0 Å². The van der Waals surface area contributed by atoms with E-state index in [4.69, 9.17) is 21.4 Å². The highest BCUT2D eigenvalue weighted by Crippen LogP contribution is 2.33. The minimum Gasteiger partial charge on any atom is -0.465 e. The molecule has 0 unspecified atom stereocenters. The molecule has 2 aliphatic rings. The Balaban J connectivity index is 1.61. The molecule has 2 aromatic heterocycles. The van der Waals surface area contributed by atoms with Crippen molar-refractivity contribution in [2.24, 2.45) is 0 Å². The number of hydrogen-bond donors (Lipinski definition) is 1. The molecule has 1 spiro atoms. The number of likely N-dealkylation sites (tertiary alicyclic amines) is 1. The van der Waals surface area contributed by atoms with Gasteiger partial charge in [-0.3, -0.25) is 4.98 Å². The maximum Gasteiger partial charge on any atom is 0.407 e. The van der Waals surface area contributed by atoms with Crippen LogP contribution < -0.4 is 4.90 Å². The van der Waals surface area contributed by atoms with E-state index in [-0.39, 0.29) is 0 Å². The molecule has 4 rings (SSSR count). The van der Waals surface area contributed by atoms with Crippen LogP contribution in [0.25, 0.3) is 11.0 Å². The molecule has 0 aliphatic carbocycles. The van der Waals surface area contributed by atoms with Crippen LogP contribution in [0.3, 0.4) is 0 Å².